The first-order valence-electron chi connectivity index (χ1n) is 8.54. The van der Waals surface area contributed by atoms with E-state index in [1.54, 1.807) is 30.3 Å². The minimum Gasteiger partial charge on any atom is -0.454 e. The highest BCUT2D eigenvalue weighted by Gasteiger charge is 2.18. The van der Waals surface area contributed by atoms with Crippen molar-refractivity contribution in [3.05, 3.63) is 59.2 Å². The largest absolute Gasteiger partial charge is 0.454 e. The summed E-state index contributed by atoms with van der Waals surface area (Å²) in [6, 6.07) is 12.4. The number of thioether (sulfide) groups is 2. The summed E-state index contributed by atoms with van der Waals surface area (Å²) in [6.07, 6.45) is 1.25. The second-order valence-electron chi connectivity index (χ2n) is 6.03. The minimum absolute atomic E-state index is 0.144. The molecule has 1 fully saturated rings. The molecule has 2 aliphatic heterocycles. The first kappa shape index (κ1) is 18.1. The predicted molar refractivity (Wildman–Crippen MR) is 106 cm³/mol. The number of fused-ring (bicyclic) bond motifs is 1. The highest BCUT2D eigenvalue weighted by Crippen LogP contribution is 2.43. The molecule has 0 unspecified atom stereocenters. The lowest BCUT2D eigenvalue weighted by atomic mass is 10.1. The number of benzene rings is 2. The van der Waals surface area contributed by atoms with Crippen molar-refractivity contribution in [3.8, 4) is 11.5 Å². The molecule has 8 heteroatoms. The number of rotatable bonds is 3. The molecule has 2 amide bonds. The first-order valence-corrected chi connectivity index (χ1v) is 10.6. The number of carbonyl (C=O) groups excluding carboxylic acids is 2. The van der Waals surface area contributed by atoms with Crippen LogP contribution >= 0.6 is 23.5 Å². The van der Waals surface area contributed by atoms with Gasteiger partial charge >= 0.3 is 0 Å². The summed E-state index contributed by atoms with van der Waals surface area (Å²) in [4.78, 5) is 24.5. The normalized spacial score (nSPS) is 16.0. The van der Waals surface area contributed by atoms with Crippen LogP contribution in [0.4, 0.5) is 0 Å². The number of hydrogen-bond donors (Lipinski definition) is 2. The van der Waals surface area contributed by atoms with Crippen molar-refractivity contribution in [2.45, 2.75) is 11.0 Å². The van der Waals surface area contributed by atoms with Crippen LogP contribution in [0.1, 0.15) is 37.3 Å². The van der Waals surface area contributed by atoms with Gasteiger partial charge in [-0.1, -0.05) is 12.1 Å². The molecule has 140 valence electrons. The van der Waals surface area contributed by atoms with Crippen molar-refractivity contribution in [1.29, 1.82) is 0 Å². The van der Waals surface area contributed by atoms with Crippen molar-refractivity contribution >= 4 is 35.3 Å². The lowest BCUT2D eigenvalue weighted by Crippen LogP contribution is -2.41. The third-order valence-electron chi connectivity index (χ3n) is 4.20. The molecule has 1 saturated heterocycles. The third kappa shape index (κ3) is 4.17. The lowest BCUT2D eigenvalue weighted by Gasteiger charge is -2.21. The number of hydrogen-bond acceptors (Lipinski definition) is 6. The van der Waals surface area contributed by atoms with Gasteiger partial charge in [-0.05, 0) is 53.8 Å². The second-order valence-corrected chi connectivity index (χ2v) is 8.75. The van der Waals surface area contributed by atoms with E-state index < -0.39 is 5.91 Å². The van der Waals surface area contributed by atoms with Crippen LogP contribution in [0, 0.1) is 0 Å². The maximum absolute atomic E-state index is 12.3. The Morgan fingerprint density at radius 3 is 2.22 bits per heavy atom. The minimum atomic E-state index is -0.423. The van der Waals surface area contributed by atoms with E-state index >= 15 is 0 Å². The molecule has 0 atom stereocenters. The summed E-state index contributed by atoms with van der Waals surface area (Å²) < 4.78 is 10.9. The predicted octanol–water partition coefficient (Wildman–Crippen LogP) is 3.36. The molecule has 2 aliphatic rings. The van der Waals surface area contributed by atoms with Crippen molar-refractivity contribution < 1.29 is 19.1 Å². The summed E-state index contributed by atoms with van der Waals surface area (Å²) in [7, 11) is 0. The lowest BCUT2D eigenvalue weighted by molar-refractivity contribution is 0.0846. The third-order valence-corrected chi connectivity index (χ3v) is 7.21. The molecule has 2 N–H and O–H groups in total. The van der Waals surface area contributed by atoms with Gasteiger partial charge in [0.05, 0.1) is 4.58 Å². The van der Waals surface area contributed by atoms with Crippen LogP contribution < -0.4 is 20.3 Å². The van der Waals surface area contributed by atoms with E-state index in [0.717, 1.165) is 0 Å². The molecule has 0 aromatic heterocycles. The van der Waals surface area contributed by atoms with Crippen LogP contribution in [0.2, 0.25) is 0 Å². The van der Waals surface area contributed by atoms with Crippen molar-refractivity contribution in [3.63, 3.8) is 0 Å². The monoisotopic (exact) mass is 402 g/mol. The Bertz CT molecular complexity index is 851. The molecule has 0 radical (unpaired) electrons. The quantitative estimate of drug-likeness (QED) is 0.767. The fourth-order valence-electron chi connectivity index (χ4n) is 2.77. The SMILES string of the molecule is O=C(NNC(=O)c1ccc2c(c1)OCO2)c1ccc(C2SCCCS2)cc1. The molecular formula is C19H18N2O4S2. The van der Waals surface area contributed by atoms with Crippen LogP contribution in [-0.4, -0.2) is 30.1 Å². The zero-order valence-corrected chi connectivity index (χ0v) is 16.0. The number of carbonyl (C=O) groups is 2. The van der Waals surface area contributed by atoms with Gasteiger partial charge in [-0.25, -0.2) is 0 Å². The fraction of sp³-hybridized carbons (Fsp3) is 0.263. The topological polar surface area (TPSA) is 76.7 Å². The van der Waals surface area contributed by atoms with Gasteiger partial charge in [0.25, 0.3) is 11.8 Å². The molecule has 0 aliphatic carbocycles. The summed E-state index contributed by atoms with van der Waals surface area (Å²) in [5.74, 6) is 2.68. The highest BCUT2D eigenvalue weighted by atomic mass is 32.2. The molecule has 0 saturated carbocycles. The highest BCUT2D eigenvalue weighted by molar-refractivity contribution is 8.16. The van der Waals surface area contributed by atoms with Gasteiger partial charge in [-0.3, -0.25) is 20.4 Å². The molecule has 2 aromatic carbocycles. The molecular weight excluding hydrogens is 384 g/mol. The number of amides is 2. The number of hydrazine groups is 1. The zero-order chi connectivity index (χ0) is 18.6. The van der Waals surface area contributed by atoms with E-state index in [-0.39, 0.29) is 12.7 Å². The number of ether oxygens (including phenoxy) is 2. The van der Waals surface area contributed by atoms with Gasteiger partial charge in [-0.15, -0.1) is 23.5 Å². The van der Waals surface area contributed by atoms with E-state index in [9.17, 15) is 9.59 Å². The van der Waals surface area contributed by atoms with Crippen LogP contribution in [0.25, 0.3) is 0 Å². The van der Waals surface area contributed by atoms with E-state index in [1.165, 1.54) is 23.5 Å². The van der Waals surface area contributed by atoms with Gasteiger partial charge in [0.2, 0.25) is 6.79 Å². The van der Waals surface area contributed by atoms with Gasteiger partial charge in [0, 0.05) is 11.1 Å². The molecule has 27 heavy (non-hydrogen) atoms. The van der Waals surface area contributed by atoms with Gasteiger partial charge in [0.15, 0.2) is 11.5 Å². The average Bonchev–Trinajstić information content (AvgIpc) is 3.20. The van der Waals surface area contributed by atoms with Crippen LogP contribution in [-0.2, 0) is 0 Å². The van der Waals surface area contributed by atoms with E-state index in [2.05, 4.69) is 10.9 Å². The standard InChI is InChI=1S/C19H18N2O4S2/c22-17(12-2-4-13(5-3-12)19-26-8-1-9-27-19)20-21-18(23)14-6-7-15-16(10-14)25-11-24-15/h2-7,10,19H,1,8-9,11H2,(H,20,22)(H,21,23). The average molecular weight is 402 g/mol. The van der Waals surface area contributed by atoms with E-state index in [0.29, 0.717) is 27.2 Å². The fourth-order valence-corrected chi connectivity index (χ4v) is 5.66. The molecule has 6 nitrogen and oxygen atoms in total. The maximum Gasteiger partial charge on any atom is 0.269 e. The van der Waals surface area contributed by atoms with Crippen molar-refractivity contribution in [1.82, 2.24) is 10.9 Å². The maximum atomic E-state index is 12.3. The Morgan fingerprint density at radius 2 is 1.48 bits per heavy atom. The van der Waals surface area contributed by atoms with E-state index in [4.69, 9.17) is 9.47 Å². The Labute approximate surface area is 165 Å². The molecule has 2 aromatic rings. The van der Waals surface area contributed by atoms with Gasteiger partial charge in [0.1, 0.15) is 0 Å². The van der Waals surface area contributed by atoms with Gasteiger partial charge in [-0.2, -0.15) is 0 Å². The smallest absolute Gasteiger partial charge is 0.269 e. The van der Waals surface area contributed by atoms with Crippen LogP contribution in [0.3, 0.4) is 0 Å². The van der Waals surface area contributed by atoms with Gasteiger partial charge < -0.3 is 9.47 Å². The van der Waals surface area contributed by atoms with E-state index in [1.807, 2.05) is 35.7 Å². The summed E-state index contributed by atoms with van der Waals surface area (Å²) >= 11 is 3.87. The van der Waals surface area contributed by atoms with Crippen molar-refractivity contribution in [2.24, 2.45) is 0 Å². The Balaban J connectivity index is 1.34. The summed E-state index contributed by atoms with van der Waals surface area (Å²) in [5.41, 5.74) is 6.95. The second kappa shape index (κ2) is 8.14. The summed E-state index contributed by atoms with van der Waals surface area (Å²) in [5, 5.41) is 0. The molecule has 4 rings (SSSR count). The summed E-state index contributed by atoms with van der Waals surface area (Å²) in [6.45, 7) is 0.144. The molecule has 0 bridgehead atoms. The van der Waals surface area contributed by atoms with Crippen LogP contribution in [0.5, 0.6) is 11.5 Å². The first-order chi connectivity index (χ1) is 13.2. The molecule has 2 heterocycles. The Morgan fingerprint density at radius 1 is 0.852 bits per heavy atom. The van der Waals surface area contributed by atoms with Crippen molar-refractivity contribution in [2.75, 3.05) is 18.3 Å². The Kier molecular flexibility index (Phi) is 5.45. The Hall–Kier alpha value is -2.32. The zero-order valence-electron chi connectivity index (χ0n) is 14.4. The molecule has 0 spiro atoms. The van der Waals surface area contributed by atoms with Crippen LogP contribution in [0.15, 0.2) is 42.5 Å². The number of nitrogens with one attached hydrogen (secondary N) is 2.